The third-order valence-corrected chi connectivity index (χ3v) is 8.59. The Morgan fingerprint density at radius 1 is 1.15 bits per heavy atom. The number of carbonyl (C=O) groups excluding carboxylic acids is 1. The van der Waals surface area contributed by atoms with Crippen molar-refractivity contribution in [2.45, 2.75) is 37.5 Å². The van der Waals surface area contributed by atoms with Crippen LogP contribution in [0.3, 0.4) is 0 Å². The zero-order valence-electron chi connectivity index (χ0n) is 26.1. The van der Waals surface area contributed by atoms with Crippen LogP contribution in [0, 0.1) is 11.3 Å². The third-order valence-electron chi connectivity index (χ3n) is 8.59. The van der Waals surface area contributed by atoms with Gasteiger partial charge < -0.3 is 34.4 Å². The third kappa shape index (κ3) is 7.04. The number of benzene rings is 1. The fourth-order valence-electron chi connectivity index (χ4n) is 5.90. The van der Waals surface area contributed by atoms with Crippen LogP contribution in [0.4, 0.5) is 26.2 Å². The molecule has 3 aromatic rings. The first-order valence-corrected chi connectivity index (χ1v) is 15.4. The molecule has 1 amide bonds. The number of ether oxygens (including phenoxy) is 3. The van der Waals surface area contributed by atoms with Crippen LogP contribution in [0.2, 0.25) is 0 Å². The van der Waals surface area contributed by atoms with Gasteiger partial charge in [0, 0.05) is 50.9 Å². The van der Waals surface area contributed by atoms with E-state index in [1.54, 1.807) is 25.4 Å². The van der Waals surface area contributed by atoms with Gasteiger partial charge in [0.25, 0.3) is 5.91 Å². The summed E-state index contributed by atoms with van der Waals surface area (Å²) in [7, 11) is 1.58. The number of piperazine rings is 1. The Morgan fingerprint density at radius 3 is 2.60 bits per heavy atom. The van der Waals surface area contributed by atoms with E-state index in [0.717, 1.165) is 50.0 Å². The van der Waals surface area contributed by atoms with Crippen molar-refractivity contribution in [1.82, 2.24) is 24.8 Å². The molecule has 0 radical (unpaired) electrons. The number of piperidine rings is 1. The number of rotatable bonds is 9. The first kappa shape index (κ1) is 32.3. The molecule has 2 N–H and O–H groups in total. The molecular weight excluding hydrogens is 614 g/mol. The second kappa shape index (κ2) is 13.6. The zero-order valence-corrected chi connectivity index (χ0v) is 26.1. The van der Waals surface area contributed by atoms with Crippen molar-refractivity contribution in [1.29, 1.82) is 5.26 Å². The molecule has 5 heterocycles. The Balaban J connectivity index is 1.12. The summed E-state index contributed by atoms with van der Waals surface area (Å²) in [6, 6.07) is 12.6. The largest absolute Gasteiger partial charge is 0.483 e. The molecule has 1 aromatic carbocycles. The number of aromatic nitrogens is 3. The van der Waals surface area contributed by atoms with Crippen LogP contribution >= 0.6 is 0 Å². The molecule has 2 aromatic heterocycles. The van der Waals surface area contributed by atoms with Crippen molar-refractivity contribution in [3.05, 3.63) is 48.2 Å². The van der Waals surface area contributed by atoms with Gasteiger partial charge in [-0.05, 0) is 43.3 Å². The molecule has 2 atom stereocenters. The van der Waals surface area contributed by atoms with E-state index in [-0.39, 0.29) is 30.2 Å². The van der Waals surface area contributed by atoms with Crippen LogP contribution in [0.1, 0.15) is 18.9 Å². The monoisotopic (exact) mass is 650 g/mol. The van der Waals surface area contributed by atoms with Crippen molar-refractivity contribution >= 4 is 23.4 Å². The molecule has 3 aliphatic heterocycles. The van der Waals surface area contributed by atoms with Crippen molar-refractivity contribution in [2.24, 2.45) is 0 Å². The van der Waals surface area contributed by atoms with E-state index in [4.69, 9.17) is 14.2 Å². The summed E-state index contributed by atoms with van der Waals surface area (Å²) in [6.45, 7) is 5.54. The molecule has 6 rings (SSSR count). The second-order valence-electron chi connectivity index (χ2n) is 11.7. The maximum atomic E-state index is 14.9. The molecule has 3 saturated heterocycles. The lowest BCUT2D eigenvalue weighted by atomic mass is 10.0. The molecule has 15 heteroatoms. The molecule has 248 valence electrons. The van der Waals surface area contributed by atoms with Gasteiger partial charge in [0.05, 0.1) is 44.2 Å². The number of halogens is 2. The number of methoxy groups -OCH3 is 1. The fourth-order valence-corrected chi connectivity index (χ4v) is 5.90. The normalized spacial score (nSPS) is 20.6. The number of aliphatic hydroxyl groups is 1. The summed E-state index contributed by atoms with van der Waals surface area (Å²) in [5, 5.41) is 22.4. The summed E-state index contributed by atoms with van der Waals surface area (Å²) in [4.78, 5) is 31.2. The van der Waals surface area contributed by atoms with Crippen LogP contribution in [0.25, 0.3) is 11.3 Å². The lowest BCUT2D eigenvalue weighted by Gasteiger charge is -2.43. The summed E-state index contributed by atoms with van der Waals surface area (Å²) in [6.07, 6.45) is -1.52. The van der Waals surface area contributed by atoms with Gasteiger partial charge in [-0.2, -0.15) is 10.2 Å². The van der Waals surface area contributed by atoms with E-state index in [1.165, 1.54) is 19.1 Å². The number of hydrogen-bond acceptors (Lipinski definition) is 12. The van der Waals surface area contributed by atoms with Gasteiger partial charge in [0.15, 0.2) is 6.10 Å². The van der Waals surface area contributed by atoms with Gasteiger partial charge in [0.2, 0.25) is 11.8 Å². The highest BCUT2D eigenvalue weighted by molar-refractivity contribution is 5.80. The number of nitrogens with zero attached hydrogens (tertiary/aromatic N) is 7. The number of anilines is 3. The van der Waals surface area contributed by atoms with E-state index in [9.17, 15) is 23.9 Å². The Morgan fingerprint density at radius 2 is 1.94 bits per heavy atom. The first-order valence-electron chi connectivity index (χ1n) is 15.4. The second-order valence-corrected chi connectivity index (χ2v) is 11.7. The minimum Gasteiger partial charge on any atom is -0.483 e. The Labute approximate surface area is 270 Å². The number of nitrogens with one attached hydrogen (secondary N) is 1. The van der Waals surface area contributed by atoms with Crippen LogP contribution in [-0.4, -0.2) is 120 Å². The number of likely N-dealkylation sites (tertiary alicyclic amines) is 1. The maximum Gasteiger partial charge on any atom is 0.301 e. The van der Waals surface area contributed by atoms with E-state index in [2.05, 4.69) is 30.1 Å². The number of carbonyl (C=O) groups is 1. The highest BCUT2D eigenvalue weighted by Gasteiger charge is 2.48. The van der Waals surface area contributed by atoms with Crippen LogP contribution in [0.5, 0.6) is 11.6 Å². The Kier molecular flexibility index (Phi) is 9.35. The van der Waals surface area contributed by atoms with Gasteiger partial charge in [-0.3, -0.25) is 9.69 Å². The molecule has 0 spiro atoms. The highest BCUT2D eigenvalue weighted by atomic mass is 19.3. The van der Waals surface area contributed by atoms with E-state index in [1.807, 2.05) is 18.2 Å². The first-order chi connectivity index (χ1) is 22.6. The average Bonchev–Trinajstić information content (AvgIpc) is 3.05. The lowest BCUT2D eigenvalue weighted by Crippen LogP contribution is -2.56. The SMILES string of the molecule is COc1nc(Nc2nccc(-c3ccc(O[C@@H]4CCN(C(=O)[C@H](C)O)CC4(F)F)c(C#N)c3)n2)ccc1N1CCN(C2COC2)CC1. The van der Waals surface area contributed by atoms with Gasteiger partial charge in [-0.25, -0.2) is 18.7 Å². The molecule has 0 aliphatic carbocycles. The van der Waals surface area contributed by atoms with Crippen molar-refractivity contribution in [3.63, 3.8) is 0 Å². The maximum absolute atomic E-state index is 14.9. The molecule has 47 heavy (non-hydrogen) atoms. The van der Waals surface area contributed by atoms with E-state index < -0.39 is 30.6 Å². The molecule has 0 bridgehead atoms. The summed E-state index contributed by atoms with van der Waals surface area (Å²) >= 11 is 0. The zero-order chi connectivity index (χ0) is 33.1. The number of hydrogen-bond donors (Lipinski definition) is 2. The predicted octanol–water partition coefficient (Wildman–Crippen LogP) is 2.68. The standard InChI is InChI=1S/C32H36F2N8O5/c1-20(43)30(44)42-10-8-27(32(33,34)19-42)47-26-5-3-21(15-22(26)16-35)24-7-9-36-31(37-24)39-28-6-4-25(29(38-28)45-2)41-13-11-40(12-14-41)23-17-46-18-23/h3-7,9,15,20,23,27,43H,8,10-14,17-19H2,1-2H3,(H,36,37,38,39)/t20-,27+/m0/s1. The molecule has 13 nitrogen and oxygen atoms in total. The quantitative estimate of drug-likeness (QED) is 0.351. The summed E-state index contributed by atoms with van der Waals surface area (Å²) in [5.41, 5.74) is 1.99. The van der Waals surface area contributed by atoms with Gasteiger partial charge >= 0.3 is 5.92 Å². The number of aliphatic hydroxyl groups excluding tert-OH is 1. The van der Waals surface area contributed by atoms with E-state index in [0.29, 0.717) is 29.0 Å². The Bertz CT molecular complexity index is 1640. The number of amides is 1. The van der Waals surface area contributed by atoms with Gasteiger partial charge in [-0.1, -0.05) is 0 Å². The Hall–Kier alpha value is -4.65. The predicted molar refractivity (Wildman–Crippen MR) is 167 cm³/mol. The van der Waals surface area contributed by atoms with Crippen molar-refractivity contribution in [2.75, 3.05) is 69.8 Å². The van der Waals surface area contributed by atoms with Crippen LogP contribution < -0.4 is 19.7 Å². The molecule has 3 aliphatic rings. The minimum atomic E-state index is -3.38. The topological polar surface area (TPSA) is 149 Å². The fraction of sp³-hybridized carbons (Fsp3) is 0.469. The number of pyridine rings is 1. The molecule has 0 unspecified atom stereocenters. The summed E-state index contributed by atoms with van der Waals surface area (Å²) < 4.78 is 46.4. The summed E-state index contributed by atoms with van der Waals surface area (Å²) in [5.74, 6) is -2.92. The van der Waals surface area contributed by atoms with E-state index >= 15 is 0 Å². The molecule has 0 saturated carbocycles. The van der Waals surface area contributed by atoms with Crippen LogP contribution in [-0.2, 0) is 9.53 Å². The van der Waals surface area contributed by atoms with Crippen molar-refractivity contribution < 1.29 is 32.9 Å². The lowest BCUT2D eigenvalue weighted by molar-refractivity contribution is -0.165. The average molecular weight is 651 g/mol. The molecule has 3 fully saturated rings. The number of alkyl halides is 2. The van der Waals surface area contributed by atoms with Gasteiger partial charge in [-0.15, -0.1) is 0 Å². The van der Waals surface area contributed by atoms with Crippen molar-refractivity contribution in [3.8, 4) is 29.0 Å². The smallest absolute Gasteiger partial charge is 0.301 e. The van der Waals surface area contributed by atoms with Crippen LogP contribution in [0.15, 0.2) is 42.6 Å². The highest BCUT2D eigenvalue weighted by Crippen LogP contribution is 2.34. The van der Waals surface area contributed by atoms with Gasteiger partial charge in [0.1, 0.15) is 29.4 Å². The number of nitriles is 1. The minimum absolute atomic E-state index is 0.00140. The molecular formula is C32H36F2N8O5.